The normalized spacial score (nSPS) is 12.0. The average Bonchev–Trinajstić information content (AvgIpc) is 2.26. The van der Waals surface area contributed by atoms with Gasteiger partial charge in [0.05, 0.1) is 11.4 Å². The van der Waals surface area contributed by atoms with Crippen molar-refractivity contribution in [2.45, 2.75) is 38.4 Å². The van der Waals surface area contributed by atoms with E-state index in [1.54, 1.807) is 11.8 Å². The first-order chi connectivity index (χ1) is 7.56. The van der Waals surface area contributed by atoms with Crippen LogP contribution in [0.5, 0.6) is 0 Å². The lowest BCUT2D eigenvalue weighted by molar-refractivity contribution is -0.148. The summed E-state index contributed by atoms with van der Waals surface area (Å²) in [7, 11) is 0. The molecule has 0 aliphatic rings. The predicted molar refractivity (Wildman–Crippen MR) is 66.5 cm³/mol. The Kier molecular flexibility index (Phi) is 8.25. The van der Waals surface area contributed by atoms with Gasteiger partial charge in [-0.1, -0.05) is 29.8 Å². The van der Waals surface area contributed by atoms with E-state index in [9.17, 15) is 9.59 Å². The van der Waals surface area contributed by atoms with Crippen LogP contribution in [-0.4, -0.2) is 41.3 Å². The molecule has 1 unspecified atom stereocenters. The van der Waals surface area contributed by atoms with Crippen molar-refractivity contribution >= 4 is 27.8 Å². The Labute approximate surface area is 105 Å². The summed E-state index contributed by atoms with van der Waals surface area (Å²) in [5.41, 5.74) is 0. The zero-order valence-corrected chi connectivity index (χ0v) is 11.7. The molecule has 0 aromatic carbocycles. The highest BCUT2D eigenvalue weighted by atomic mass is 79.9. The zero-order valence-electron chi connectivity index (χ0n) is 10.2. The van der Waals surface area contributed by atoms with Gasteiger partial charge in [0, 0.05) is 6.54 Å². The molecule has 1 atom stereocenters. The van der Waals surface area contributed by atoms with Gasteiger partial charge in [-0.3, -0.25) is 9.59 Å². The highest BCUT2D eigenvalue weighted by Crippen LogP contribution is 2.09. The molecule has 0 aliphatic carbocycles. The van der Waals surface area contributed by atoms with Crippen LogP contribution in [-0.2, 0) is 14.3 Å². The van der Waals surface area contributed by atoms with Crippen molar-refractivity contribution in [3.63, 3.8) is 0 Å². The first kappa shape index (κ1) is 15.4. The lowest BCUT2D eigenvalue weighted by Gasteiger charge is -2.23. The maximum absolute atomic E-state index is 11.9. The predicted octanol–water partition coefficient (Wildman–Crippen LogP) is 1.96. The van der Waals surface area contributed by atoms with Gasteiger partial charge in [0.15, 0.2) is 0 Å². The van der Waals surface area contributed by atoms with Gasteiger partial charge in [-0.25, -0.2) is 0 Å². The van der Waals surface area contributed by atoms with Crippen LogP contribution < -0.4 is 0 Å². The van der Waals surface area contributed by atoms with Gasteiger partial charge in [-0.05, 0) is 19.8 Å². The Morgan fingerprint density at radius 3 is 2.38 bits per heavy atom. The van der Waals surface area contributed by atoms with Gasteiger partial charge < -0.3 is 9.64 Å². The van der Waals surface area contributed by atoms with Crippen molar-refractivity contribution in [1.82, 2.24) is 4.90 Å². The molecule has 0 N–H and O–H groups in total. The summed E-state index contributed by atoms with van der Waals surface area (Å²) in [6.45, 7) is 6.62. The van der Waals surface area contributed by atoms with Gasteiger partial charge in [0.2, 0.25) is 5.91 Å². The Hall–Kier alpha value is -0.580. The third-order valence-corrected chi connectivity index (χ3v) is 3.10. The van der Waals surface area contributed by atoms with Crippen LogP contribution >= 0.6 is 15.9 Å². The number of carbonyl (C=O) groups excluding carboxylic acids is 2. The van der Waals surface area contributed by atoms with Crippen molar-refractivity contribution in [3.8, 4) is 0 Å². The van der Waals surface area contributed by atoms with E-state index >= 15 is 0 Å². The van der Waals surface area contributed by atoms with Gasteiger partial charge >= 0.3 is 5.97 Å². The molecule has 0 aromatic rings. The van der Waals surface area contributed by atoms with Crippen LogP contribution in [0.3, 0.4) is 0 Å². The van der Waals surface area contributed by atoms with Crippen molar-refractivity contribution in [1.29, 1.82) is 0 Å². The number of halogens is 1. The van der Waals surface area contributed by atoms with E-state index < -0.39 is 0 Å². The van der Waals surface area contributed by atoms with Crippen molar-refractivity contribution in [2.24, 2.45) is 0 Å². The Balaban J connectivity index is 4.36. The summed E-state index contributed by atoms with van der Waals surface area (Å²) < 4.78 is 4.83. The Bertz CT molecular complexity index is 233. The van der Waals surface area contributed by atoms with Crippen LogP contribution in [0.25, 0.3) is 0 Å². The van der Waals surface area contributed by atoms with E-state index in [2.05, 4.69) is 15.9 Å². The average molecular weight is 294 g/mol. The summed E-state index contributed by atoms with van der Waals surface area (Å²) in [5.74, 6) is -0.391. The van der Waals surface area contributed by atoms with Crippen LogP contribution in [0.2, 0.25) is 0 Å². The summed E-state index contributed by atoms with van der Waals surface area (Å²) in [6, 6.07) is 0. The highest BCUT2D eigenvalue weighted by Gasteiger charge is 2.22. The molecule has 0 fully saturated rings. The van der Waals surface area contributed by atoms with Gasteiger partial charge in [0.1, 0.15) is 6.54 Å². The Morgan fingerprint density at radius 2 is 1.94 bits per heavy atom. The number of carbonyl (C=O) groups is 2. The minimum Gasteiger partial charge on any atom is -0.465 e. The van der Waals surface area contributed by atoms with Gasteiger partial charge in [-0.15, -0.1) is 0 Å². The first-order valence-corrected chi connectivity index (χ1v) is 6.56. The molecular weight excluding hydrogens is 274 g/mol. The molecule has 1 amide bonds. The van der Waals surface area contributed by atoms with E-state index in [0.29, 0.717) is 19.6 Å². The molecule has 0 aliphatic heterocycles. The summed E-state index contributed by atoms with van der Waals surface area (Å²) in [4.78, 5) is 24.5. The summed E-state index contributed by atoms with van der Waals surface area (Å²) in [6.07, 6.45) is 1.54. The number of hydrogen-bond acceptors (Lipinski definition) is 3. The molecule has 0 bridgehead atoms. The molecular formula is C11H20BrNO3. The molecule has 0 saturated heterocycles. The van der Waals surface area contributed by atoms with Gasteiger partial charge in [-0.2, -0.15) is 0 Å². The number of nitrogens with zero attached hydrogens (tertiary/aromatic N) is 1. The second kappa shape index (κ2) is 8.56. The summed E-state index contributed by atoms with van der Waals surface area (Å²) >= 11 is 3.30. The number of amides is 1. The fraction of sp³-hybridized carbons (Fsp3) is 0.818. The fourth-order valence-electron chi connectivity index (χ4n) is 1.27. The second-order valence-corrected chi connectivity index (χ2v) is 4.55. The number of ether oxygens (including phenoxy) is 1. The maximum atomic E-state index is 11.9. The quantitative estimate of drug-likeness (QED) is 0.532. The maximum Gasteiger partial charge on any atom is 0.325 e. The van der Waals surface area contributed by atoms with E-state index in [4.69, 9.17) is 4.74 Å². The molecule has 94 valence electrons. The molecule has 4 nitrogen and oxygen atoms in total. The zero-order chi connectivity index (χ0) is 12.6. The molecule has 5 heteroatoms. The molecule has 16 heavy (non-hydrogen) atoms. The lowest BCUT2D eigenvalue weighted by atomic mass is 10.3. The number of hydrogen-bond donors (Lipinski definition) is 0. The molecule has 0 heterocycles. The van der Waals surface area contributed by atoms with Crippen molar-refractivity contribution in [2.75, 3.05) is 19.7 Å². The highest BCUT2D eigenvalue weighted by molar-refractivity contribution is 9.10. The Morgan fingerprint density at radius 1 is 1.31 bits per heavy atom. The lowest BCUT2D eigenvalue weighted by Crippen LogP contribution is -2.41. The molecule has 0 rings (SSSR count). The standard InChI is InChI=1S/C11H20BrNO3/c1-4-7-13(8-10(14)16-6-3)11(15)9(12)5-2/h9H,4-8H2,1-3H3. The smallest absolute Gasteiger partial charge is 0.325 e. The van der Waals surface area contributed by atoms with Crippen molar-refractivity contribution in [3.05, 3.63) is 0 Å². The number of esters is 1. The van der Waals surface area contributed by atoms with Crippen molar-refractivity contribution < 1.29 is 14.3 Å². The first-order valence-electron chi connectivity index (χ1n) is 5.65. The third kappa shape index (κ3) is 5.49. The van der Waals surface area contributed by atoms with E-state index in [1.807, 2.05) is 13.8 Å². The minimum atomic E-state index is -0.347. The third-order valence-electron chi connectivity index (χ3n) is 2.06. The molecule has 0 saturated carbocycles. The number of alkyl halides is 1. The molecule has 0 radical (unpaired) electrons. The van der Waals surface area contributed by atoms with E-state index in [0.717, 1.165) is 6.42 Å². The van der Waals surface area contributed by atoms with Gasteiger partial charge in [0.25, 0.3) is 0 Å². The molecule has 0 spiro atoms. The SMILES string of the molecule is CCCN(CC(=O)OCC)C(=O)C(Br)CC. The summed E-state index contributed by atoms with van der Waals surface area (Å²) in [5, 5.41) is 0. The van der Waals surface area contributed by atoms with Crippen LogP contribution in [0.15, 0.2) is 0 Å². The second-order valence-electron chi connectivity index (χ2n) is 3.44. The monoisotopic (exact) mass is 293 g/mol. The molecule has 0 aromatic heterocycles. The van der Waals surface area contributed by atoms with Crippen LogP contribution in [0.1, 0.15) is 33.6 Å². The topological polar surface area (TPSA) is 46.6 Å². The van der Waals surface area contributed by atoms with E-state index in [1.165, 1.54) is 0 Å². The fourth-order valence-corrected chi connectivity index (χ4v) is 1.56. The van der Waals surface area contributed by atoms with E-state index in [-0.39, 0.29) is 23.2 Å². The van der Waals surface area contributed by atoms with Crippen LogP contribution in [0.4, 0.5) is 0 Å². The van der Waals surface area contributed by atoms with Crippen LogP contribution in [0, 0.1) is 0 Å². The largest absolute Gasteiger partial charge is 0.465 e. The minimum absolute atomic E-state index is 0.0441. The number of rotatable bonds is 7.